The Balaban J connectivity index is 1.87. The highest BCUT2D eigenvalue weighted by Crippen LogP contribution is 2.26. The molecule has 0 radical (unpaired) electrons. The number of carbonyl (C=O) groups is 2. The Labute approximate surface area is 140 Å². The highest BCUT2D eigenvalue weighted by molar-refractivity contribution is 5.92. The summed E-state index contributed by atoms with van der Waals surface area (Å²) in [7, 11) is 0. The molecule has 0 aliphatic heterocycles. The molecule has 0 atom stereocenters. The first-order valence-electron chi connectivity index (χ1n) is 7.67. The maximum atomic E-state index is 11.6. The van der Waals surface area contributed by atoms with E-state index in [1.165, 1.54) is 6.20 Å². The zero-order chi connectivity index (χ0) is 17.7. The molecule has 130 valence electrons. The molecule has 2 rings (SSSR count). The van der Waals surface area contributed by atoms with Crippen LogP contribution in [0.4, 0.5) is 4.79 Å². The highest BCUT2D eigenvalue weighted by Gasteiger charge is 2.15. The zero-order valence-electron chi connectivity index (χ0n) is 14.0. The molecule has 0 saturated heterocycles. The molecule has 2 aromatic rings. The fourth-order valence-corrected chi connectivity index (χ4v) is 2.24. The number of rotatable bonds is 6. The van der Waals surface area contributed by atoms with Crippen molar-refractivity contribution in [1.82, 2.24) is 9.88 Å². The molecule has 24 heavy (non-hydrogen) atoms. The molecular formula is C17H22N2O5. The van der Waals surface area contributed by atoms with Gasteiger partial charge in [-0.25, -0.2) is 9.36 Å². The maximum absolute atomic E-state index is 11.6. The Hall–Kier alpha value is -2.54. The van der Waals surface area contributed by atoms with Gasteiger partial charge in [-0.1, -0.05) is 12.1 Å². The predicted molar refractivity (Wildman–Crippen MR) is 89.6 cm³/mol. The van der Waals surface area contributed by atoms with E-state index in [1.54, 1.807) is 18.2 Å². The van der Waals surface area contributed by atoms with Crippen LogP contribution in [0.5, 0.6) is 5.75 Å². The van der Waals surface area contributed by atoms with E-state index in [2.05, 4.69) is 5.32 Å². The van der Waals surface area contributed by atoms with Gasteiger partial charge in [0.1, 0.15) is 23.5 Å². The van der Waals surface area contributed by atoms with Gasteiger partial charge in [0.2, 0.25) is 0 Å². The predicted octanol–water partition coefficient (Wildman–Crippen LogP) is 2.48. The van der Waals surface area contributed by atoms with Gasteiger partial charge < -0.3 is 19.9 Å². The van der Waals surface area contributed by atoms with Crippen molar-refractivity contribution < 1.29 is 24.2 Å². The first-order chi connectivity index (χ1) is 11.3. The van der Waals surface area contributed by atoms with Crippen LogP contribution in [0.2, 0.25) is 0 Å². The summed E-state index contributed by atoms with van der Waals surface area (Å²) < 4.78 is 12.0. The van der Waals surface area contributed by atoms with Crippen LogP contribution < -0.4 is 10.1 Å². The van der Waals surface area contributed by atoms with Crippen molar-refractivity contribution in [2.75, 3.05) is 19.7 Å². The minimum Gasteiger partial charge on any atom is -0.490 e. The van der Waals surface area contributed by atoms with Crippen LogP contribution >= 0.6 is 0 Å². The number of esters is 1. The Bertz CT molecular complexity index is 730. The summed E-state index contributed by atoms with van der Waals surface area (Å²) in [5.41, 5.74) is 0.00444. The van der Waals surface area contributed by atoms with Crippen molar-refractivity contribution in [1.29, 1.82) is 0 Å². The van der Waals surface area contributed by atoms with Gasteiger partial charge in [0.15, 0.2) is 0 Å². The summed E-state index contributed by atoms with van der Waals surface area (Å²) in [6, 6.07) is 7.06. The highest BCUT2D eigenvalue weighted by atomic mass is 16.6. The number of benzene rings is 1. The van der Waals surface area contributed by atoms with Crippen LogP contribution in [0, 0.1) is 0 Å². The molecule has 1 aromatic heterocycles. The van der Waals surface area contributed by atoms with E-state index in [0.29, 0.717) is 24.4 Å². The molecule has 0 amide bonds. The first-order valence-corrected chi connectivity index (χ1v) is 7.67. The molecule has 2 N–H and O–H groups in total. The Morgan fingerprint density at radius 3 is 2.67 bits per heavy atom. The van der Waals surface area contributed by atoms with Crippen molar-refractivity contribution in [3.63, 3.8) is 0 Å². The second-order valence-corrected chi connectivity index (χ2v) is 6.27. The van der Waals surface area contributed by atoms with Crippen LogP contribution in [0.25, 0.3) is 10.9 Å². The average molecular weight is 334 g/mol. The van der Waals surface area contributed by atoms with Crippen LogP contribution in [0.3, 0.4) is 0 Å². The van der Waals surface area contributed by atoms with Gasteiger partial charge in [0.25, 0.3) is 0 Å². The van der Waals surface area contributed by atoms with E-state index in [0.717, 1.165) is 9.95 Å². The number of aromatic nitrogens is 1. The van der Waals surface area contributed by atoms with Gasteiger partial charge in [-0.3, -0.25) is 4.79 Å². The lowest BCUT2D eigenvalue weighted by molar-refractivity contribution is -0.153. The molecule has 0 saturated carbocycles. The maximum Gasteiger partial charge on any atom is 0.416 e. The molecule has 0 fully saturated rings. The van der Waals surface area contributed by atoms with E-state index in [4.69, 9.17) is 9.47 Å². The lowest BCUT2D eigenvalue weighted by Gasteiger charge is -2.19. The largest absolute Gasteiger partial charge is 0.490 e. The third kappa shape index (κ3) is 4.73. The number of hydrogen-bond acceptors (Lipinski definition) is 5. The summed E-state index contributed by atoms with van der Waals surface area (Å²) in [5, 5.41) is 12.9. The molecular weight excluding hydrogens is 312 g/mol. The molecule has 1 heterocycles. The van der Waals surface area contributed by atoms with Crippen LogP contribution in [0.15, 0.2) is 30.5 Å². The van der Waals surface area contributed by atoms with Crippen LogP contribution in [-0.2, 0) is 9.53 Å². The summed E-state index contributed by atoms with van der Waals surface area (Å²) in [4.78, 5) is 22.8. The Morgan fingerprint density at radius 2 is 2.00 bits per heavy atom. The second-order valence-electron chi connectivity index (χ2n) is 6.27. The zero-order valence-corrected chi connectivity index (χ0v) is 14.0. The van der Waals surface area contributed by atoms with Crippen molar-refractivity contribution in [3.05, 3.63) is 30.5 Å². The quantitative estimate of drug-likeness (QED) is 0.623. The number of ether oxygens (including phenoxy) is 2. The fourth-order valence-electron chi connectivity index (χ4n) is 2.24. The van der Waals surface area contributed by atoms with Gasteiger partial charge >= 0.3 is 12.1 Å². The van der Waals surface area contributed by atoms with Crippen molar-refractivity contribution in [2.45, 2.75) is 26.4 Å². The molecule has 0 spiro atoms. The SMILES string of the molecule is CC(C)(C)OC(=O)CNCCOc1cccc2ccn(C(=O)O)c12. The van der Waals surface area contributed by atoms with Gasteiger partial charge in [-0.15, -0.1) is 0 Å². The summed E-state index contributed by atoms with van der Waals surface area (Å²) in [6.07, 6.45) is 0.421. The van der Waals surface area contributed by atoms with E-state index >= 15 is 0 Å². The van der Waals surface area contributed by atoms with Crippen LogP contribution in [0.1, 0.15) is 20.8 Å². The number of fused-ring (bicyclic) bond motifs is 1. The molecule has 0 aliphatic carbocycles. The topological polar surface area (TPSA) is 89.8 Å². The van der Waals surface area contributed by atoms with Gasteiger partial charge in [-0.05, 0) is 32.9 Å². The van der Waals surface area contributed by atoms with E-state index in [9.17, 15) is 14.7 Å². The van der Waals surface area contributed by atoms with Crippen molar-refractivity contribution in [2.24, 2.45) is 0 Å². The minimum atomic E-state index is -1.07. The van der Waals surface area contributed by atoms with E-state index in [1.807, 2.05) is 26.8 Å². The number of carboxylic acid groups (broad SMARTS) is 1. The Morgan fingerprint density at radius 1 is 1.25 bits per heavy atom. The summed E-state index contributed by atoms with van der Waals surface area (Å²) in [5.74, 6) is 0.156. The van der Waals surface area contributed by atoms with Crippen molar-refractivity contribution in [3.8, 4) is 5.75 Å². The third-order valence-electron chi connectivity index (χ3n) is 3.11. The number of para-hydroxylation sites is 1. The van der Waals surface area contributed by atoms with Crippen LogP contribution in [-0.4, -0.2) is 47.0 Å². The van der Waals surface area contributed by atoms with E-state index < -0.39 is 11.7 Å². The standard InChI is InChI=1S/C17H22N2O5/c1-17(2,3)24-14(20)11-18-8-10-23-13-6-4-5-12-7-9-19(15(12)13)16(21)22/h4-7,9,18H,8,10-11H2,1-3H3,(H,21,22). The lowest BCUT2D eigenvalue weighted by Crippen LogP contribution is -2.33. The van der Waals surface area contributed by atoms with Crippen molar-refractivity contribution >= 4 is 23.0 Å². The number of nitrogens with one attached hydrogen (secondary N) is 1. The molecule has 0 unspecified atom stereocenters. The molecule has 7 nitrogen and oxygen atoms in total. The van der Waals surface area contributed by atoms with Gasteiger partial charge in [0.05, 0.1) is 6.54 Å². The lowest BCUT2D eigenvalue weighted by atomic mass is 10.2. The number of nitrogens with zero attached hydrogens (tertiary/aromatic N) is 1. The molecule has 0 aliphatic rings. The average Bonchev–Trinajstić information content (AvgIpc) is 2.90. The summed E-state index contributed by atoms with van der Waals surface area (Å²) in [6.45, 7) is 6.26. The number of carbonyl (C=O) groups excluding carboxylic acids is 1. The Kier molecular flexibility index (Phi) is 5.46. The molecule has 1 aromatic carbocycles. The van der Waals surface area contributed by atoms with E-state index in [-0.39, 0.29) is 12.5 Å². The second kappa shape index (κ2) is 7.35. The molecule has 7 heteroatoms. The smallest absolute Gasteiger partial charge is 0.416 e. The monoisotopic (exact) mass is 334 g/mol. The normalized spacial score (nSPS) is 11.5. The first kappa shape index (κ1) is 17.8. The fraction of sp³-hybridized carbons (Fsp3) is 0.412. The molecule has 0 bridgehead atoms. The third-order valence-corrected chi connectivity index (χ3v) is 3.11. The number of hydrogen-bond donors (Lipinski definition) is 2. The minimum absolute atomic E-state index is 0.0936. The summed E-state index contributed by atoms with van der Waals surface area (Å²) >= 11 is 0. The van der Waals surface area contributed by atoms with Gasteiger partial charge in [-0.2, -0.15) is 0 Å². The van der Waals surface area contributed by atoms with Gasteiger partial charge in [0, 0.05) is 18.1 Å².